The van der Waals surface area contributed by atoms with Crippen molar-refractivity contribution in [2.45, 2.75) is 31.9 Å². The lowest BCUT2D eigenvalue weighted by Gasteiger charge is -2.19. The van der Waals surface area contributed by atoms with Crippen LogP contribution in [0, 0.1) is 0 Å². The van der Waals surface area contributed by atoms with E-state index >= 15 is 0 Å². The van der Waals surface area contributed by atoms with Gasteiger partial charge in [-0.3, -0.25) is 9.59 Å². The van der Waals surface area contributed by atoms with Crippen LogP contribution in [0.5, 0.6) is 0 Å². The molecule has 1 unspecified atom stereocenters. The van der Waals surface area contributed by atoms with E-state index in [2.05, 4.69) is 5.32 Å². The number of ether oxygens (including phenoxy) is 1. The fourth-order valence-electron chi connectivity index (χ4n) is 2.53. The first-order valence-electron chi connectivity index (χ1n) is 6.37. The van der Waals surface area contributed by atoms with E-state index < -0.39 is 0 Å². The lowest BCUT2D eigenvalue weighted by Crippen LogP contribution is -2.32. The second-order valence-electron chi connectivity index (χ2n) is 4.84. The van der Waals surface area contributed by atoms with Gasteiger partial charge in [-0.1, -0.05) is 0 Å². The summed E-state index contributed by atoms with van der Waals surface area (Å²) in [5, 5.41) is 3.23. The van der Waals surface area contributed by atoms with Crippen molar-refractivity contribution in [3.63, 3.8) is 0 Å². The molecule has 2 aliphatic heterocycles. The smallest absolute Gasteiger partial charge is 0.222 e. The van der Waals surface area contributed by atoms with Gasteiger partial charge in [-0.2, -0.15) is 0 Å². The lowest BCUT2D eigenvalue weighted by molar-refractivity contribution is -0.128. The van der Waals surface area contributed by atoms with Crippen molar-refractivity contribution in [1.29, 1.82) is 0 Å². The summed E-state index contributed by atoms with van der Waals surface area (Å²) >= 11 is 0. The molecule has 1 amide bonds. The number of rotatable bonds is 3. The second-order valence-corrected chi connectivity index (χ2v) is 4.84. The Hall–Kier alpha value is -1.78. The molecule has 1 aliphatic carbocycles. The Morgan fingerprint density at radius 2 is 2.28 bits per heavy atom. The number of hydrogen-bond donors (Lipinski definition) is 1. The zero-order chi connectivity index (χ0) is 12.5. The second kappa shape index (κ2) is 4.48. The number of amides is 1. The Labute approximate surface area is 105 Å². The maximum Gasteiger partial charge on any atom is 0.222 e. The quantitative estimate of drug-likeness (QED) is 0.798. The molecule has 0 spiro atoms. The van der Waals surface area contributed by atoms with Gasteiger partial charge in [-0.05, 0) is 18.6 Å². The van der Waals surface area contributed by atoms with E-state index in [9.17, 15) is 9.59 Å². The number of hydrogen-bond acceptors (Lipinski definition) is 4. The van der Waals surface area contributed by atoms with Gasteiger partial charge in [0.2, 0.25) is 5.91 Å². The number of allylic oxidation sites excluding steroid dienone is 3. The average molecular weight is 248 g/mol. The van der Waals surface area contributed by atoms with Crippen molar-refractivity contribution in [1.82, 2.24) is 10.2 Å². The standard InChI is InChI=1S/C13H16N2O3/c16-9-3-4-10-11(8-9)18-12(14-10)5-7-15-6-1-2-13(15)17/h3-4,12,14H,1-2,5-8H2. The largest absolute Gasteiger partial charge is 0.472 e. The van der Waals surface area contributed by atoms with Gasteiger partial charge in [0.25, 0.3) is 0 Å². The minimum atomic E-state index is -0.112. The first-order valence-corrected chi connectivity index (χ1v) is 6.37. The fraction of sp³-hybridized carbons (Fsp3) is 0.538. The Balaban J connectivity index is 1.51. The predicted octanol–water partition coefficient (Wildman–Crippen LogP) is 0.685. The zero-order valence-electron chi connectivity index (χ0n) is 10.1. The highest BCUT2D eigenvalue weighted by atomic mass is 16.5. The molecule has 0 bridgehead atoms. The molecule has 0 aromatic carbocycles. The van der Waals surface area contributed by atoms with E-state index in [4.69, 9.17) is 4.74 Å². The van der Waals surface area contributed by atoms with Gasteiger partial charge >= 0.3 is 0 Å². The van der Waals surface area contributed by atoms with Crippen LogP contribution in [-0.2, 0) is 14.3 Å². The SMILES string of the molecule is O=C1C=CC2=C(C1)OC(CCN1CCCC1=O)N2. The van der Waals surface area contributed by atoms with Gasteiger partial charge in [0, 0.05) is 25.9 Å². The molecule has 5 heteroatoms. The number of nitrogens with zero attached hydrogens (tertiary/aromatic N) is 1. The number of nitrogens with one attached hydrogen (secondary N) is 1. The molecule has 0 radical (unpaired) electrons. The normalized spacial score (nSPS) is 26.4. The number of ketones is 1. The third-order valence-electron chi connectivity index (χ3n) is 3.50. The molecule has 1 N–H and O–H groups in total. The van der Waals surface area contributed by atoms with Crippen LogP contribution >= 0.6 is 0 Å². The van der Waals surface area contributed by atoms with E-state index in [-0.39, 0.29) is 17.9 Å². The van der Waals surface area contributed by atoms with E-state index in [0.29, 0.717) is 19.4 Å². The fourth-order valence-corrected chi connectivity index (χ4v) is 2.53. The summed E-state index contributed by atoms with van der Waals surface area (Å²) in [4.78, 5) is 24.6. The molecule has 3 aliphatic rings. The summed E-state index contributed by atoms with van der Waals surface area (Å²) < 4.78 is 5.69. The summed E-state index contributed by atoms with van der Waals surface area (Å²) in [5.74, 6) is 1.05. The third kappa shape index (κ3) is 2.12. The molecule has 0 aromatic rings. The van der Waals surface area contributed by atoms with E-state index in [1.54, 1.807) is 12.2 Å². The van der Waals surface area contributed by atoms with Crippen LogP contribution in [-0.4, -0.2) is 35.9 Å². The molecule has 0 aromatic heterocycles. The number of likely N-dealkylation sites (tertiary alicyclic amines) is 1. The summed E-state index contributed by atoms with van der Waals surface area (Å²) in [6.07, 6.45) is 5.95. The Kier molecular flexibility index (Phi) is 2.81. The minimum Gasteiger partial charge on any atom is -0.472 e. The molecule has 3 rings (SSSR count). The van der Waals surface area contributed by atoms with Crippen molar-refractivity contribution in [3.05, 3.63) is 23.6 Å². The van der Waals surface area contributed by atoms with Crippen LogP contribution in [0.25, 0.3) is 0 Å². The van der Waals surface area contributed by atoms with E-state index in [0.717, 1.165) is 30.8 Å². The monoisotopic (exact) mass is 248 g/mol. The first kappa shape index (κ1) is 11.3. The maximum absolute atomic E-state index is 11.5. The minimum absolute atomic E-state index is 0.0749. The molecule has 2 heterocycles. The van der Waals surface area contributed by atoms with Gasteiger partial charge in [0.05, 0.1) is 12.1 Å². The summed E-state index contributed by atoms with van der Waals surface area (Å²) in [5.41, 5.74) is 0.910. The highest BCUT2D eigenvalue weighted by molar-refractivity contribution is 5.93. The first-order chi connectivity index (χ1) is 8.72. The van der Waals surface area contributed by atoms with Gasteiger partial charge < -0.3 is 15.0 Å². The van der Waals surface area contributed by atoms with Crippen LogP contribution in [0.4, 0.5) is 0 Å². The van der Waals surface area contributed by atoms with Crippen molar-refractivity contribution in [2.24, 2.45) is 0 Å². The molecule has 5 nitrogen and oxygen atoms in total. The Morgan fingerprint density at radius 1 is 1.39 bits per heavy atom. The zero-order valence-corrected chi connectivity index (χ0v) is 10.1. The lowest BCUT2D eigenvalue weighted by atomic mass is 10.1. The van der Waals surface area contributed by atoms with Crippen LogP contribution in [0.15, 0.2) is 23.6 Å². The van der Waals surface area contributed by atoms with Crippen molar-refractivity contribution in [2.75, 3.05) is 13.1 Å². The van der Waals surface area contributed by atoms with E-state index in [1.165, 1.54) is 0 Å². The Morgan fingerprint density at radius 3 is 3.06 bits per heavy atom. The van der Waals surface area contributed by atoms with Gasteiger partial charge in [0.15, 0.2) is 12.0 Å². The molecule has 18 heavy (non-hydrogen) atoms. The van der Waals surface area contributed by atoms with Crippen molar-refractivity contribution in [3.8, 4) is 0 Å². The van der Waals surface area contributed by atoms with E-state index in [1.807, 2.05) is 4.90 Å². The van der Waals surface area contributed by atoms with Crippen LogP contribution in [0.3, 0.4) is 0 Å². The molecular weight excluding hydrogens is 232 g/mol. The summed E-state index contributed by atoms with van der Waals surface area (Å²) in [6.45, 7) is 1.58. The van der Waals surface area contributed by atoms with Gasteiger partial charge in [0.1, 0.15) is 5.76 Å². The topological polar surface area (TPSA) is 58.6 Å². The summed E-state index contributed by atoms with van der Waals surface area (Å²) in [6, 6.07) is 0. The Bertz CT molecular complexity index is 453. The highest BCUT2D eigenvalue weighted by Crippen LogP contribution is 2.25. The average Bonchev–Trinajstić information content (AvgIpc) is 2.92. The van der Waals surface area contributed by atoms with Crippen LogP contribution in [0.2, 0.25) is 0 Å². The third-order valence-corrected chi connectivity index (χ3v) is 3.50. The number of carbonyl (C=O) groups is 2. The molecule has 0 saturated carbocycles. The molecule has 1 atom stereocenters. The number of carbonyl (C=O) groups excluding carboxylic acids is 2. The van der Waals surface area contributed by atoms with Gasteiger partial charge in [-0.25, -0.2) is 0 Å². The van der Waals surface area contributed by atoms with Crippen molar-refractivity contribution >= 4 is 11.7 Å². The molecule has 1 fully saturated rings. The molecule has 1 saturated heterocycles. The van der Waals surface area contributed by atoms with Crippen LogP contribution in [0.1, 0.15) is 25.7 Å². The summed E-state index contributed by atoms with van der Waals surface area (Å²) in [7, 11) is 0. The maximum atomic E-state index is 11.5. The van der Waals surface area contributed by atoms with Crippen molar-refractivity contribution < 1.29 is 14.3 Å². The highest BCUT2D eigenvalue weighted by Gasteiger charge is 2.28. The van der Waals surface area contributed by atoms with Gasteiger partial charge in [-0.15, -0.1) is 0 Å². The van der Waals surface area contributed by atoms with Crippen LogP contribution < -0.4 is 5.32 Å². The molecule has 96 valence electrons. The molecular formula is C13H16N2O3. The predicted molar refractivity (Wildman–Crippen MR) is 64.2 cm³/mol.